The molecule has 0 atom stereocenters. The average molecular weight is 178 g/mol. The van der Waals surface area contributed by atoms with Gasteiger partial charge in [-0.25, -0.2) is 0 Å². The van der Waals surface area contributed by atoms with Crippen LogP contribution in [0.1, 0.15) is 24.8 Å². The van der Waals surface area contributed by atoms with Crippen LogP contribution < -0.4 is 0 Å². The highest BCUT2D eigenvalue weighted by molar-refractivity contribution is 5.48. The molecule has 0 nitrogen and oxygen atoms in total. The monoisotopic (exact) mass is 178 g/mol. The van der Waals surface area contributed by atoms with Crippen molar-refractivity contribution in [2.45, 2.75) is 19.3 Å². The van der Waals surface area contributed by atoms with E-state index in [4.69, 9.17) is 0 Å². The van der Waals surface area contributed by atoms with Crippen LogP contribution in [0, 0.1) is 0 Å². The Hall–Kier alpha value is -1.11. The van der Waals surface area contributed by atoms with Crippen LogP contribution in [-0.2, 0) is 0 Å². The molecule has 0 fully saturated rings. The summed E-state index contributed by atoms with van der Waals surface area (Å²) in [7, 11) is 0. The van der Waals surface area contributed by atoms with E-state index in [2.05, 4.69) is 24.3 Å². The second-order valence-electron chi connectivity index (χ2n) is 3.00. The number of unbranched alkanes of at least 4 members (excludes halogenated alkanes) is 2. The van der Waals surface area contributed by atoms with Crippen LogP contribution in [0.4, 0.5) is 4.39 Å². The molecule has 0 saturated heterocycles. The van der Waals surface area contributed by atoms with Gasteiger partial charge in [0.2, 0.25) is 0 Å². The normalized spacial score (nSPS) is 10.8. The lowest BCUT2D eigenvalue weighted by Crippen LogP contribution is -1.75. The van der Waals surface area contributed by atoms with Crippen molar-refractivity contribution in [3.63, 3.8) is 0 Å². The molecular formula is C12H15F. The van der Waals surface area contributed by atoms with E-state index in [-0.39, 0.29) is 6.67 Å². The van der Waals surface area contributed by atoms with Gasteiger partial charge < -0.3 is 0 Å². The summed E-state index contributed by atoms with van der Waals surface area (Å²) in [6.45, 7) is -0.195. The first-order valence-corrected chi connectivity index (χ1v) is 4.71. The Bertz CT molecular complexity index is 239. The Kier molecular flexibility index (Phi) is 4.92. The summed E-state index contributed by atoms with van der Waals surface area (Å²) in [6.07, 6.45) is 6.78. The topological polar surface area (TPSA) is 0 Å². The zero-order valence-corrected chi connectivity index (χ0v) is 7.75. The molecule has 0 bridgehead atoms. The zero-order valence-electron chi connectivity index (χ0n) is 7.75. The molecule has 0 amide bonds. The van der Waals surface area contributed by atoms with Gasteiger partial charge >= 0.3 is 0 Å². The Morgan fingerprint density at radius 2 is 1.85 bits per heavy atom. The van der Waals surface area contributed by atoms with E-state index in [1.54, 1.807) is 0 Å². The number of rotatable bonds is 5. The zero-order chi connectivity index (χ0) is 9.36. The third-order valence-electron chi connectivity index (χ3n) is 1.86. The molecule has 1 aromatic carbocycles. The van der Waals surface area contributed by atoms with Gasteiger partial charge in [-0.05, 0) is 24.8 Å². The van der Waals surface area contributed by atoms with Crippen LogP contribution in [0.5, 0.6) is 0 Å². The molecule has 0 aliphatic carbocycles. The Morgan fingerprint density at radius 3 is 2.54 bits per heavy atom. The molecule has 1 rings (SSSR count). The Balaban J connectivity index is 2.25. The lowest BCUT2D eigenvalue weighted by atomic mass is 10.2. The second-order valence-corrected chi connectivity index (χ2v) is 3.00. The molecular weight excluding hydrogens is 163 g/mol. The molecule has 0 aromatic heterocycles. The molecule has 70 valence electrons. The summed E-state index contributed by atoms with van der Waals surface area (Å²) in [5, 5.41) is 0. The highest BCUT2D eigenvalue weighted by atomic mass is 19.1. The minimum Gasteiger partial charge on any atom is -0.251 e. The highest BCUT2D eigenvalue weighted by Crippen LogP contribution is 2.04. The van der Waals surface area contributed by atoms with Crippen molar-refractivity contribution in [2.24, 2.45) is 0 Å². The van der Waals surface area contributed by atoms with Crippen LogP contribution in [0.25, 0.3) is 6.08 Å². The number of alkyl halides is 1. The molecule has 0 aliphatic heterocycles. The maximum Gasteiger partial charge on any atom is 0.0894 e. The quantitative estimate of drug-likeness (QED) is 0.601. The molecule has 0 N–H and O–H groups in total. The summed E-state index contributed by atoms with van der Waals surface area (Å²) < 4.78 is 11.7. The standard InChI is InChI=1S/C12H15F/c13-11-7-2-1-4-8-12-9-5-3-6-10-12/h3-6,8-10H,1-2,7,11H2/b8-4+. The van der Waals surface area contributed by atoms with Gasteiger partial charge in [0.05, 0.1) is 6.67 Å². The van der Waals surface area contributed by atoms with Crippen LogP contribution >= 0.6 is 0 Å². The predicted molar refractivity (Wildman–Crippen MR) is 55.3 cm³/mol. The Morgan fingerprint density at radius 1 is 1.08 bits per heavy atom. The molecule has 0 aliphatic rings. The van der Waals surface area contributed by atoms with Gasteiger partial charge in [0.15, 0.2) is 0 Å². The SMILES string of the molecule is FCCCC/C=C/c1ccccc1. The first-order chi connectivity index (χ1) is 6.43. The van der Waals surface area contributed by atoms with Crippen molar-refractivity contribution < 1.29 is 4.39 Å². The fourth-order valence-electron chi connectivity index (χ4n) is 1.14. The number of hydrogen-bond donors (Lipinski definition) is 0. The van der Waals surface area contributed by atoms with Gasteiger partial charge in [0, 0.05) is 0 Å². The van der Waals surface area contributed by atoms with Crippen molar-refractivity contribution >= 4 is 6.08 Å². The summed E-state index contributed by atoms with van der Waals surface area (Å²) in [4.78, 5) is 0. The molecule has 0 spiro atoms. The van der Waals surface area contributed by atoms with E-state index < -0.39 is 0 Å². The average Bonchev–Trinajstić information content (AvgIpc) is 2.19. The predicted octanol–water partition coefficient (Wildman–Crippen LogP) is 3.84. The number of allylic oxidation sites excluding steroid dienone is 1. The minimum absolute atomic E-state index is 0.195. The third-order valence-corrected chi connectivity index (χ3v) is 1.86. The van der Waals surface area contributed by atoms with E-state index in [9.17, 15) is 4.39 Å². The molecule has 0 unspecified atom stereocenters. The minimum atomic E-state index is -0.195. The van der Waals surface area contributed by atoms with Gasteiger partial charge in [-0.1, -0.05) is 42.5 Å². The van der Waals surface area contributed by atoms with Crippen LogP contribution in [0.3, 0.4) is 0 Å². The molecule has 1 heteroatoms. The smallest absolute Gasteiger partial charge is 0.0894 e. The summed E-state index contributed by atoms with van der Waals surface area (Å²) in [5.41, 5.74) is 1.21. The van der Waals surface area contributed by atoms with Crippen molar-refractivity contribution in [2.75, 3.05) is 6.67 Å². The van der Waals surface area contributed by atoms with E-state index >= 15 is 0 Å². The number of benzene rings is 1. The van der Waals surface area contributed by atoms with Crippen molar-refractivity contribution in [3.8, 4) is 0 Å². The Labute approximate surface area is 79.1 Å². The van der Waals surface area contributed by atoms with E-state index in [1.165, 1.54) is 5.56 Å². The molecule has 13 heavy (non-hydrogen) atoms. The molecule has 0 heterocycles. The third kappa shape index (κ3) is 4.46. The van der Waals surface area contributed by atoms with Gasteiger partial charge in [-0.2, -0.15) is 0 Å². The number of hydrogen-bond acceptors (Lipinski definition) is 0. The first-order valence-electron chi connectivity index (χ1n) is 4.71. The van der Waals surface area contributed by atoms with Gasteiger partial charge in [-0.15, -0.1) is 0 Å². The van der Waals surface area contributed by atoms with Crippen LogP contribution in [0.2, 0.25) is 0 Å². The lowest BCUT2D eigenvalue weighted by molar-refractivity contribution is 0.463. The maximum atomic E-state index is 11.7. The molecule has 0 radical (unpaired) electrons. The van der Waals surface area contributed by atoms with Gasteiger partial charge in [-0.3, -0.25) is 4.39 Å². The first kappa shape index (κ1) is 9.97. The molecule has 1 aromatic rings. The van der Waals surface area contributed by atoms with E-state index in [1.807, 2.05) is 18.2 Å². The lowest BCUT2D eigenvalue weighted by Gasteiger charge is -1.92. The highest BCUT2D eigenvalue weighted by Gasteiger charge is 1.84. The summed E-state index contributed by atoms with van der Waals surface area (Å²) in [5.74, 6) is 0. The fourth-order valence-corrected chi connectivity index (χ4v) is 1.14. The van der Waals surface area contributed by atoms with Crippen molar-refractivity contribution in [1.29, 1.82) is 0 Å². The largest absolute Gasteiger partial charge is 0.251 e. The second kappa shape index (κ2) is 6.41. The maximum absolute atomic E-state index is 11.7. The van der Waals surface area contributed by atoms with Gasteiger partial charge in [0.25, 0.3) is 0 Å². The number of halogens is 1. The van der Waals surface area contributed by atoms with E-state index in [0.29, 0.717) is 6.42 Å². The summed E-state index contributed by atoms with van der Waals surface area (Å²) in [6, 6.07) is 10.2. The van der Waals surface area contributed by atoms with Crippen LogP contribution in [-0.4, -0.2) is 6.67 Å². The van der Waals surface area contributed by atoms with Gasteiger partial charge in [0.1, 0.15) is 0 Å². The van der Waals surface area contributed by atoms with Crippen molar-refractivity contribution in [1.82, 2.24) is 0 Å². The summed E-state index contributed by atoms with van der Waals surface area (Å²) >= 11 is 0. The molecule has 0 saturated carbocycles. The van der Waals surface area contributed by atoms with E-state index in [0.717, 1.165) is 12.8 Å². The van der Waals surface area contributed by atoms with Crippen LogP contribution in [0.15, 0.2) is 36.4 Å². The fraction of sp³-hybridized carbons (Fsp3) is 0.333. The van der Waals surface area contributed by atoms with Crippen molar-refractivity contribution in [3.05, 3.63) is 42.0 Å².